The number of rotatable bonds is 13. The van der Waals surface area contributed by atoms with Crippen molar-refractivity contribution in [3.05, 3.63) is 58.6 Å². The predicted molar refractivity (Wildman–Crippen MR) is 141 cm³/mol. The molecule has 10 N–H and O–H groups in total. The molecule has 0 fully saturated rings. The first-order valence-corrected chi connectivity index (χ1v) is 11.6. The minimum Gasteiger partial charge on any atom is -0.370 e. The molecule has 0 saturated carbocycles. The van der Waals surface area contributed by atoms with Crippen LogP contribution in [0.3, 0.4) is 0 Å². The van der Waals surface area contributed by atoms with Crippen LogP contribution in [0, 0.1) is 0 Å². The van der Waals surface area contributed by atoms with Crippen LogP contribution < -0.4 is 38.5 Å². The molecule has 0 aliphatic heterocycles. The molecule has 0 saturated heterocycles. The molecule has 180 valence electrons. The third kappa shape index (κ3) is 12.2. The quantitative estimate of drug-likeness (QED) is 0.0978. The van der Waals surface area contributed by atoms with Crippen LogP contribution in [-0.4, -0.2) is 38.0 Å². The fourth-order valence-corrected chi connectivity index (χ4v) is 3.07. The van der Waals surface area contributed by atoms with E-state index in [4.69, 9.17) is 40.4 Å². The number of hydrogen-bond donors (Lipinski definition) is 7. The van der Waals surface area contributed by atoms with Gasteiger partial charge in [0.2, 0.25) is 0 Å². The van der Waals surface area contributed by atoms with Crippen LogP contribution >= 0.6 is 23.2 Å². The maximum Gasteiger partial charge on any atom is 0.195 e. The Labute approximate surface area is 205 Å². The molecule has 1 atom stereocenters. The van der Waals surface area contributed by atoms with E-state index in [1.54, 1.807) is 12.1 Å². The second-order valence-corrected chi connectivity index (χ2v) is 8.14. The molecular formula is C22H33Cl2N9. The molecule has 2 aromatic carbocycles. The monoisotopic (exact) mass is 493 g/mol. The Morgan fingerprint density at radius 1 is 0.788 bits per heavy atom. The van der Waals surface area contributed by atoms with Crippen LogP contribution in [0.1, 0.15) is 25.7 Å². The molecule has 0 bridgehead atoms. The minimum absolute atomic E-state index is 0.242. The van der Waals surface area contributed by atoms with Crippen molar-refractivity contribution in [3.63, 3.8) is 0 Å². The largest absolute Gasteiger partial charge is 0.370 e. The Kier molecular flexibility index (Phi) is 12.2. The third-order valence-corrected chi connectivity index (χ3v) is 5.04. The standard InChI is InChI=1S/C22H33Cl2N9/c23-16-5-9-18(10-6-16)30-15-31-20(25)28-13-3-1-2-4-14-29-21(26)33-22(27)32-19-11-7-17(24)8-12-19/h5-12,21,29-30H,1-4,13-15,26H2,(H3,25,28,31)(H3,27,32,33). The van der Waals surface area contributed by atoms with E-state index in [-0.39, 0.29) is 5.96 Å². The summed E-state index contributed by atoms with van der Waals surface area (Å²) in [5, 5.41) is 13.7. The Morgan fingerprint density at radius 3 is 2.00 bits per heavy atom. The second kappa shape index (κ2) is 15.2. The number of guanidine groups is 2. The predicted octanol–water partition coefficient (Wildman–Crippen LogP) is 3.09. The van der Waals surface area contributed by atoms with Gasteiger partial charge in [-0.05, 0) is 67.9 Å². The highest BCUT2D eigenvalue weighted by Gasteiger charge is 2.01. The molecule has 33 heavy (non-hydrogen) atoms. The number of anilines is 2. The summed E-state index contributed by atoms with van der Waals surface area (Å²) >= 11 is 11.7. The average Bonchev–Trinajstić information content (AvgIpc) is 2.78. The van der Waals surface area contributed by atoms with Crippen LogP contribution in [-0.2, 0) is 0 Å². The lowest BCUT2D eigenvalue weighted by Gasteiger charge is -2.12. The van der Waals surface area contributed by atoms with Gasteiger partial charge in [0.15, 0.2) is 18.2 Å². The molecule has 2 rings (SSSR count). The van der Waals surface area contributed by atoms with Crippen LogP contribution in [0.15, 0.2) is 58.5 Å². The third-order valence-electron chi connectivity index (χ3n) is 4.53. The second-order valence-electron chi connectivity index (χ2n) is 7.27. The fraction of sp³-hybridized carbons (Fsp3) is 0.364. The number of nitrogens with one attached hydrogen (secondary N) is 4. The van der Waals surface area contributed by atoms with Gasteiger partial charge in [-0.25, -0.2) is 9.98 Å². The molecule has 0 spiro atoms. The Balaban J connectivity index is 1.47. The first-order chi connectivity index (χ1) is 15.9. The molecule has 9 nitrogen and oxygen atoms in total. The summed E-state index contributed by atoms with van der Waals surface area (Å²) in [6.07, 6.45) is 3.57. The highest BCUT2D eigenvalue weighted by atomic mass is 35.5. The summed E-state index contributed by atoms with van der Waals surface area (Å²) in [5.74, 6) is 0.665. The van der Waals surface area contributed by atoms with Gasteiger partial charge in [-0.15, -0.1) is 0 Å². The summed E-state index contributed by atoms with van der Waals surface area (Å²) in [6.45, 7) is 1.93. The number of halogens is 2. The van der Waals surface area contributed by atoms with E-state index >= 15 is 0 Å². The molecule has 1 unspecified atom stereocenters. The van der Waals surface area contributed by atoms with Gasteiger partial charge in [-0.3, -0.25) is 11.1 Å². The van der Waals surface area contributed by atoms with Crippen LogP contribution in [0.4, 0.5) is 11.4 Å². The molecule has 0 aromatic heterocycles. The average molecular weight is 494 g/mol. The Bertz CT molecular complexity index is 870. The molecule has 0 heterocycles. The van der Waals surface area contributed by atoms with Crippen molar-refractivity contribution < 1.29 is 0 Å². The van der Waals surface area contributed by atoms with Crippen molar-refractivity contribution in [1.29, 1.82) is 0 Å². The highest BCUT2D eigenvalue weighted by molar-refractivity contribution is 6.30. The van der Waals surface area contributed by atoms with Crippen LogP contribution in [0.5, 0.6) is 0 Å². The zero-order chi connectivity index (χ0) is 23.9. The summed E-state index contributed by atoms with van der Waals surface area (Å²) in [4.78, 5) is 8.42. The zero-order valence-corrected chi connectivity index (χ0v) is 20.0. The number of aliphatic imine (C=N–C) groups is 2. The lowest BCUT2D eigenvalue weighted by Crippen LogP contribution is -2.39. The highest BCUT2D eigenvalue weighted by Crippen LogP contribution is 2.13. The maximum absolute atomic E-state index is 5.94. The van der Waals surface area contributed by atoms with E-state index in [1.165, 1.54) is 0 Å². The molecule has 0 radical (unpaired) electrons. The van der Waals surface area contributed by atoms with Gasteiger partial charge in [0, 0.05) is 28.0 Å². The van der Waals surface area contributed by atoms with E-state index in [9.17, 15) is 0 Å². The maximum atomic E-state index is 5.94. The van der Waals surface area contributed by atoms with Crippen molar-refractivity contribution in [2.24, 2.45) is 27.2 Å². The van der Waals surface area contributed by atoms with Crippen molar-refractivity contribution >= 4 is 46.5 Å². The van der Waals surface area contributed by atoms with Crippen molar-refractivity contribution in [2.45, 2.75) is 32.0 Å². The molecule has 0 aliphatic carbocycles. The number of nitrogens with two attached hydrogens (primary N) is 3. The first kappa shape index (κ1) is 26.5. The van der Waals surface area contributed by atoms with Gasteiger partial charge in [0.05, 0.1) is 0 Å². The van der Waals surface area contributed by atoms with Crippen molar-refractivity contribution in [1.82, 2.24) is 10.6 Å². The van der Waals surface area contributed by atoms with Crippen molar-refractivity contribution in [2.75, 3.05) is 30.4 Å². The lowest BCUT2D eigenvalue weighted by atomic mass is 10.2. The van der Waals surface area contributed by atoms with Gasteiger partial charge in [-0.1, -0.05) is 36.0 Å². The smallest absolute Gasteiger partial charge is 0.195 e. The summed E-state index contributed by atoms with van der Waals surface area (Å²) < 4.78 is 0. The normalized spacial score (nSPS) is 12.9. The summed E-state index contributed by atoms with van der Waals surface area (Å²) in [6, 6.07) is 14.6. The van der Waals surface area contributed by atoms with E-state index in [0.717, 1.165) is 50.1 Å². The molecule has 11 heteroatoms. The zero-order valence-electron chi connectivity index (χ0n) is 18.5. The Hall–Kier alpha value is -2.72. The van der Waals surface area contributed by atoms with E-state index < -0.39 is 6.29 Å². The fourth-order valence-electron chi connectivity index (χ4n) is 2.82. The van der Waals surface area contributed by atoms with Gasteiger partial charge in [-0.2, -0.15) is 0 Å². The number of benzene rings is 2. The van der Waals surface area contributed by atoms with Gasteiger partial charge in [0.1, 0.15) is 6.67 Å². The lowest BCUT2D eigenvalue weighted by molar-refractivity contribution is 0.515. The first-order valence-electron chi connectivity index (χ1n) is 10.8. The number of hydrogen-bond acceptors (Lipinski definition) is 5. The van der Waals surface area contributed by atoms with Crippen LogP contribution in [0.2, 0.25) is 10.0 Å². The van der Waals surface area contributed by atoms with Gasteiger partial charge < -0.3 is 27.4 Å². The van der Waals surface area contributed by atoms with E-state index in [1.807, 2.05) is 36.4 Å². The van der Waals surface area contributed by atoms with E-state index in [2.05, 4.69) is 31.3 Å². The topological polar surface area (TPSA) is 151 Å². The summed E-state index contributed by atoms with van der Waals surface area (Å²) in [5.41, 5.74) is 19.4. The van der Waals surface area contributed by atoms with Gasteiger partial charge in [0.25, 0.3) is 0 Å². The molecule has 0 aliphatic rings. The molecular weight excluding hydrogens is 461 g/mol. The summed E-state index contributed by atoms with van der Waals surface area (Å²) in [7, 11) is 0. The number of unbranched alkanes of at least 4 members (excludes halogenated alkanes) is 3. The van der Waals surface area contributed by atoms with E-state index in [0.29, 0.717) is 22.7 Å². The minimum atomic E-state index is -0.566. The SMILES string of the molecule is NC(=NCNc1ccc(Cl)cc1)NCCCCCCNC(N)N=C(N)Nc1ccc(Cl)cc1. The molecule has 0 amide bonds. The number of nitrogens with zero attached hydrogens (tertiary/aromatic N) is 2. The van der Waals surface area contributed by atoms with Gasteiger partial charge >= 0.3 is 0 Å². The molecule has 2 aromatic rings. The van der Waals surface area contributed by atoms with Crippen LogP contribution in [0.25, 0.3) is 0 Å². The Morgan fingerprint density at radius 2 is 1.36 bits per heavy atom. The van der Waals surface area contributed by atoms with Crippen molar-refractivity contribution in [3.8, 4) is 0 Å².